The summed E-state index contributed by atoms with van der Waals surface area (Å²) in [5.74, 6) is 0.550. The molecule has 0 spiro atoms. The van der Waals surface area contributed by atoms with Crippen molar-refractivity contribution in [2.45, 2.75) is 26.7 Å². The molecule has 4 heteroatoms. The number of hydrogen-bond donors (Lipinski definition) is 2. The Labute approximate surface area is 102 Å². The molecule has 1 aromatic heterocycles. The Morgan fingerprint density at radius 2 is 2.18 bits per heavy atom. The lowest BCUT2D eigenvalue weighted by molar-refractivity contribution is -0.122. The van der Waals surface area contributed by atoms with E-state index in [9.17, 15) is 4.79 Å². The van der Waals surface area contributed by atoms with E-state index in [-0.39, 0.29) is 11.7 Å². The molecule has 0 bridgehead atoms. The van der Waals surface area contributed by atoms with E-state index in [1.807, 2.05) is 0 Å². The van der Waals surface area contributed by atoms with Crippen LogP contribution in [0.5, 0.6) is 0 Å². The Hall–Kier alpha value is -1.42. The zero-order valence-electron chi connectivity index (χ0n) is 10.5. The number of ketones is 1. The summed E-state index contributed by atoms with van der Waals surface area (Å²) < 4.78 is 0. The SMILES string of the molecule is CC(C)CC(CN)C(=O)Cc1cnccc1N. The smallest absolute Gasteiger partial charge is 0.141 e. The third-order valence-corrected chi connectivity index (χ3v) is 2.80. The Kier molecular flexibility index (Phi) is 5.10. The van der Waals surface area contributed by atoms with Gasteiger partial charge in [0, 0.05) is 42.5 Å². The van der Waals surface area contributed by atoms with Gasteiger partial charge in [-0.25, -0.2) is 0 Å². The van der Waals surface area contributed by atoms with Crippen molar-refractivity contribution in [2.75, 3.05) is 12.3 Å². The number of carbonyl (C=O) groups excluding carboxylic acids is 1. The van der Waals surface area contributed by atoms with E-state index in [2.05, 4.69) is 18.8 Å². The van der Waals surface area contributed by atoms with Crippen LogP contribution in [0.25, 0.3) is 0 Å². The van der Waals surface area contributed by atoms with Crippen LogP contribution in [0.15, 0.2) is 18.5 Å². The summed E-state index contributed by atoms with van der Waals surface area (Å²) in [5, 5.41) is 0. The average Bonchev–Trinajstić information content (AvgIpc) is 2.28. The van der Waals surface area contributed by atoms with Gasteiger partial charge < -0.3 is 11.5 Å². The van der Waals surface area contributed by atoms with E-state index in [1.54, 1.807) is 18.5 Å². The van der Waals surface area contributed by atoms with Gasteiger partial charge in [-0.2, -0.15) is 0 Å². The lowest BCUT2D eigenvalue weighted by atomic mass is 9.90. The minimum atomic E-state index is -0.0744. The van der Waals surface area contributed by atoms with Gasteiger partial charge in [-0.1, -0.05) is 13.8 Å². The molecule has 0 fully saturated rings. The molecule has 1 atom stereocenters. The molecule has 1 rings (SSSR count). The number of Topliss-reactive ketones (excluding diaryl/α,β-unsaturated/α-hetero) is 1. The fourth-order valence-electron chi connectivity index (χ4n) is 1.85. The van der Waals surface area contributed by atoms with Crippen molar-refractivity contribution in [2.24, 2.45) is 17.6 Å². The molecule has 0 saturated carbocycles. The fraction of sp³-hybridized carbons (Fsp3) is 0.538. The first-order chi connectivity index (χ1) is 8.04. The van der Waals surface area contributed by atoms with Crippen molar-refractivity contribution in [1.29, 1.82) is 0 Å². The molecule has 4 N–H and O–H groups in total. The Bertz CT molecular complexity index is 377. The molecule has 1 aromatic rings. The highest BCUT2D eigenvalue weighted by molar-refractivity contribution is 5.84. The molecule has 0 aliphatic heterocycles. The maximum absolute atomic E-state index is 12.1. The van der Waals surface area contributed by atoms with Crippen LogP contribution in [-0.2, 0) is 11.2 Å². The second kappa shape index (κ2) is 6.35. The maximum atomic E-state index is 12.1. The van der Waals surface area contributed by atoms with Crippen LogP contribution < -0.4 is 11.5 Å². The second-order valence-corrected chi connectivity index (χ2v) is 4.78. The highest BCUT2D eigenvalue weighted by Crippen LogP contribution is 2.16. The predicted octanol–water partition coefficient (Wildman–Crippen LogP) is 1.40. The number of nitrogen functional groups attached to an aromatic ring is 1. The molecule has 1 unspecified atom stereocenters. The quantitative estimate of drug-likeness (QED) is 0.780. The van der Waals surface area contributed by atoms with Crippen LogP contribution in [0.2, 0.25) is 0 Å². The molecule has 4 nitrogen and oxygen atoms in total. The summed E-state index contributed by atoms with van der Waals surface area (Å²) in [5.41, 5.74) is 12.8. The van der Waals surface area contributed by atoms with Crippen molar-refractivity contribution in [3.8, 4) is 0 Å². The first kappa shape index (κ1) is 13.6. The topological polar surface area (TPSA) is 82.0 Å². The van der Waals surface area contributed by atoms with Gasteiger partial charge in [-0.15, -0.1) is 0 Å². The number of nitrogens with two attached hydrogens (primary N) is 2. The Morgan fingerprint density at radius 3 is 2.71 bits per heavy atom. The maximum Gasteiger partial charge on any atom is 0.141 e. The lowest BCUT2D eigenvalue weighted by Gasteiger charge is -2.16. The number of carbonyl (C=O) groups is 1. The van der Waals surface area contributed by atoms with E-state index in [0.717, 1.165) is 12.0 Å². The van der Waals surface area contributed by atoms with Crippen molar-refractivity contribution in [3.63, 3.8) is 0 Å². The van der Waals surface area contributed by atoms with Gasteiger partial charge in [-0.3, -0.25) is 9.78 Å². The van der Waals surface area contributed by atoms with Crippen molar-refractivity contribution >= 4 is 11.5 Å². The average molecular weight is 235 g/mol. The van der Waals surface area contributed by atoms with E-state index in [0.29, 0.717) is 24.6 Å². The molecule has 0 saturated heterocycles. The van der Waals surface area contributed by atoms with Crippen LogP contribution in [0.3, 0.4) is 0 Å². The van der Waals surface area contributed by atoms with Crippen molar-refractivity contribution in [1.82, 2.24) is 4.98 Å². The number of aromatic nitrogens is 1. The highest BCUT2D eigenvalue weighted by atomic mass is 16.1. The summed E-state index contributed by atoms with van der Waals surface area (Å²) >= 11 is 0. The first-order valence-electron chi connectivity index (χ1n) is 5.95. The van der Waals surface area contributed by atoms with Gasteiger partial charge in [0.05, 0.1) is 0 Å². The monoisotopic (exact) mass is 235 g/mol. The van der Waals surface area contributed by atoms with Gasteiger partial charge in [-0.05, 0) is 18.4 Å². The number of hydrogen-bond acceptors (Lipinski definition) is 4. The molecule has 94 valence electrons. The minimum absolute atomic E-state index is 0.0744. The molecule has 0 radical (unpaired) electrons. The third kappa shape index (κ3) is 4.15. The van der Waals surface area contributed by atoms with Crippen molar-refractivity contribution in [3.05, 3.63) is 24.0 Å². The molecule has 1 heterocycles. The van der Waals surface area contributed by atoms with E-state index < -0.39 is 0 Å². The fourth-order valence-corrected chi connectivity index (χ4v) is 1.85. The molecule has 0 aliphatic rings. The van der Waals surface area contributed by atoms with Crippen LogP contribution in [0.1, 0.15) is 25.8 Å². The molecule has 0 aromatic carbocycles. The van der Waals surface area contributed by atoms with Gasteiger partial charge in [0.2, 0.25) is 0 Å². The van der Waals surface area contributed by atoms with E-state index in [4.69, 9.17) is 11.5 Å². The summed E-state index contributed by atoms with van der Waals surface area (Å²) in [6, 6.07) is 1.71. The van der Waals surface area contributed by atoms with E-state index >= 15 is 0 Å². The molecular formula is C13H21N3O. The number of nitrogens with zero attached hydrogens (tertiary/aromatic N) is 1. The molecule has 0 amide bonds. The predicted molar refractivity (Wildman–Crippen MR) is 69.4 cm³/mol. The van der Waals surface area contributed by atoms with Gasteiger partial charge >= 0.3 is 0 Å². The van der Waals surface area contributed by atoms with Gasteiger partial charge in [0.25, 0.3) is 0 Å². The number of anilines is 1. The Balaban J connectivity index is 2.67. The summed E-state index contributed by atoms with van der Waals surface area (Å²) in [6.45, 7) is 4.58. The lowest BCUT2D eigenvalue weighted by Crippen LogP contribution is -2.26. The zero-order chi connectivity index (χ0) is 12.8. The largest absolute Gasteiger partial charge is 0.398 e. The van der Waals surface area contributed by atoms with Gasteiger partial charge in [0.1, 0.15) is 5.78 Å². The number of rotatable bonds is 6. The van der Waals surface area contributed by atoms with Crippen molar-refractivity contribution < 1.29 is 4.79 Å². The normalized spacial score (nSPS) is 12.7. The van der Waals surface area contributed by atoms with Crippen LogP contribution in [0, 0.1) is 11.8 Å². The third-order valence-electron chi connectivity index (χ3n) is 2.80. The number of pyridine rings is 1. The summed E-state index contributed by atoms with van der Waals surface area (Å²) in [7, 11) is 0. The van der Waals surface area contributed by atoms with Gasteiger partial charge in [0.15, 0.2) is 0 Å². The standard InChI is InChI=1S/C13H21N3O/c1-9(2)5-10(7-14)13(17)6-11-8-16-4-3-12(11)15/h3-4,8-10H,5-7,14H2,1-2H3,(H2,15,16). The Morgan fingerprint density at radius 1 is 1.47 bits per heavy atom. The zero-order valence-corrected chi connectivity index (χ0v) is 10.5. The summed E-state index contributed by atoms with van der Waals surface area (Å²) in [4.78, 5) is 16.0. The molecule has 17 heavy (non-hydrogen) atoms. The molecule has 0 aliphatic carbocycles. The first-order valence-corrected chi connectivity index (χ1v) is 5.95. The highest BCUT2D eigenvalue weighted by Gasteiger charge is 2.19. The van der Waals surface area contributed by atoms with Crippen LogP contribution >= 0.6 is 0 Å². The second-order valence-electron chi connectivity index (χ2n) is 4.78. The summed E-state index contributed by atoms with van der Waals surface area (Å²) in [6.07, 6.45) is 4.43. The molecular weight excluding hydrogens is 214 g/mol. The van der Waals surface area contributed by atoms with Crippen LogP contribution in [-0.4, -0.2) is 17.3 Å². The minimum Gasteiger partial charge on any atom is -0.398 e. The van der Waals surface area contributed by atoms with Crippen LogP contribution in [0.4, 0.5) is 5.69 Å². The van der Waals surface area contributed by atoms with E-state index in [1.165, 1.54) is 0 Å².